The molecule has 112 valence electrons. The molecule has 6 nitrogen and oxygen atoms in total. The molecule has 21 heavy (non-hydrogen) atoms. The number of amides is 1. The maximum absolute atomic E-state index is 11.8. The van der Waals surface area contributed by atoms with Crippen molar-refractivity contribution in [3.8, 4) is 11.4 Å². The summed E-state index contributed by atoms with van der Waals surface area (Å²) in [5.74, 6) is 1.12. The van der Waals surface area contributed by atoms with Crippen molar-refractivity contribution >= 4 is 17.7 Å². The highest BCUT2D eigenvalue weighted by molar-refractivity contribution is 7.99. The molecule has 0 saturated heterocycles. The van der Waals surface area contributed by atoms with Crippen LogP contribution in [-0.2, 0) is 11.8 Å². The van der Waals surface area contributed by atoms with Gasteiger partial charge in [0.15, 0.2) is 11.0 Å². The molecule has 0 aromatic carbocycles. The predicted octanol–water partition coefficient (Wildman–Crippen LogP) is 1.88. The van der Waals surface area contributed by atoms with E-state index < -0.39 is 0 Å². The highest BCUT2D eigenvalue weighted by Gasteiger charge is 2.13. The summed E-state index contributed by atoms with van der Waals surface area (Å²) in [5.41, 5.74) is 0.955. The summed E-state index contributed by atoms with van der Waals surface area (Å²) in [5, 5.41) is 12.0. The van der Waals surface area contributed by atoms with E-state index in [0.29, 0.717) is 5.75 Å². The van der Waals surface area contributed by atoms with Crippen molar-refractivity contribution in [2.75, 3.05) is 5.75 Å². The maximum Gasteiger partial charge on any atom is 0.230 e. The first kappa shape index (κ1) is 15.5. The lowest BCUT2D eigenvalue weighted by molar-refractivity contribution is -0.119. The molecule has 2 aromatic heterocycles. The molecule has 1 N–H and O–H groups in total. The number of hydrogen-bond donors (Lipinski definition) is 1. The normalized spacial score (nSPS) is 12.1. The molecule has 2 rings (SSSR count). The molecular formula is C14H19N5OS. The Morgan fingerprint density at radius 2 is 2.10 bits per heavy atom. The van der Waals surface area contributed by atoms with E-state index in [0.717, 1.165) is 23.0 Å². The highest BCUT2D eigenvalue weighted by Crippen LogP contribution is 2.21. The van der Waals surface area contributed by atoms with Gasteiger partial charge in [-0.05, 0) is 25.5 Å². The standard InChI is InChI=1S/C14H19N5OS/c1-4-10(2)16-12(20)9-21-14-18-17-13(19(14)3)11-5-7-15-8-6-11/h5-8,10H,4,9H2,1-3H3,(H,16,20)/t10-/m1/s1. The second-order valence-corrected chi connectivity index (χ2v) is 5.71. The van der Waals surface area contributed by atoms with Crippen molar-refractivity contribution < 1.29 is 4.79 Å². The summed E-state index contributed by atoms with van der Waals surface area (Å²) in [4.78, 5) is 15.8. The number of nitrogens with one attached hydrogen (secondary N) is 1. The van der Waals surface area contributed by atoms with Gasteiger partial charge in [-0.3, -0.25) is 9.78 Å². The lowest BCUT2D eigenvalue weighted by Crippen LogP contribution is -2.33. The van der Waals surface area contributed by atoms with E-state index in [1.807, 2.05) is 37.6 Å². The van der Waals surface area contributed by atoms with Crippen LogP contribution in [-0.4, -0.2) is 37.5 Å². The summed E-state index contributed by atoms with van der Waals surface area (Å²) >= 11 is 1.38. The third-order valence-corrected chi connectivity index (χ3v) is 4.15. The molecule has 0 aliphatic carbocycles. The van der Waals surface area contributed by atoms with Gasteiger partial charge in [0.05, 0.1) is 5.75 Å². The molecule has 0 unspecified atom stereocenters. The quantitative estimate of drug-likeness (QED) is 0.825. The van der Waals surface area contributed by atoms with Gasteiger partial charge < -0.3 is 9.88 Å². The monoisotopic (exact) mass is 305 g/mol. The minimum atomic E-state index is 0.0165. The first-order chi connectivity index (χ1) is 10.1. The van der Waals surface area contributed by atoms with Gasteiger partial charge in [0, 0.05) is 31.0 Å². The van der Waals surface area contributed by atoms with E-state index in [9.17, 15) is 4.79 Å². The van der Waals surface area contributed by atoms with Crippen LogP contribution < -0.4 is 5.32 Å². The summed E-state index contributed by atoms with van der Waals surface area (Å²) in [7, 11) is 1.89. The molecule has 0 radical (unpaired) electrons. The van der Waals surface area contributed by atoms with Crippen LogP contribution in [0.4, 0.5) is 0 Å². The summed E-state index contributed by atoms with van der Waals surface area (Å²) in [6.45, 7) is 4.04. The number of thioether (sulfide) groups is 1. The van der Waals surface area contributed by atoms with Gasteiger partial charge in [-0.1, -0.05) is 18.7 Å². The third-order valence-electron chi connectivity index (χ3n) is 3.13. The summed E-state index contributed by atoms with van der Waals surface area (Å²) in [6, 6.07) is 3.97. The second kappa shape index (κ2) is 7.21. The Kier molecular flexibility index (Phi) is 5.32. The summed E-state index contributed by atoms with van der Waals surface area (Å²) < 4.78 is 1.89. The van der Waals surface area contributed by atoms with Crippen molar-refractivity contribution in [2.24, 2.45) is 7.05 Å². The van der Waals surface area contributed by atoms with E-state index in [1.54, 1.807) is 12.4 Å². The fourth-order valence-corrected chi connectivity index (χ4v) is 2.46. The average molecular weight is 305 g/mol. The Morgan fingerprint density at radius 1 is 1.38 bits per heavy atom. The lowest BCUT2D eigenvalue weighted by Gasteiger charge is -2.10. The zero-order valence-electron chi connectivity index (χ0n) is 12.4. The molecular weight excluding hydrogens is 286 g/mol. The van der Waals surface area contributed by atoms with Crippen LogP contribution in [0.25, 0.3) is 11.4 Å². The lowest BCUT2D eigenvalue weighted by atomic mass is 10.2. The van der Waals surface area contributed by atoms with Crippen molar-refractivity contribution in [3.63, 3.8) is 0 Å². The molecule has 2 aromatic rings. The minimum absolute atomic E-state index is 0.0165. The maximum atomic E-state index is 11.8. The molecule has 0 aliphatic heterocycles. The van der Waals surface area contributed by atoms with Gasteiger partial charge in [0.2, 0.25) is 5.91 Å². The SMILES string of the molecule is CC[C@@H](C)NC(=O)CSc1nnc(-c2ccncc2)n1C. The van der Waals surface area contributed by atoms with Crippen LogP contribution in [0.2, 0.25) is 0 Å². The fourth-order valence-electron chi connectivity index (χ4n) is 1.74. The molecule has 0 aliphatic rings. The van der Waals surface area contributed by atoms with Crippen LogP contribution in [0.3, 0.4) is 0 Å². The Hall–Kier alpha value is -1.89. The van der Waals surface area contributed by atoms with E-state index in [4.69, 9.17) is 0 Å². The van der Waals surface area contributed by atoms with Crippen LogP contribution >= 0.6 is 11.8 Å². The number of hydrogen-bond acceptors (Lipinski definition) is 5. The van der Waals surface area contributed by atoms with E-state index in [2.05, 4.69) is 20.5 Å². The van der Waals surface area contributed by atoms with Gasteiger partial charge in [-0.15, -0.1) is 10.2 Å². The first-order valence-corrected chi connectivity index (χ1v) is 7.82. The van der Waals surface area contributed by atoms with Gasteiger partial charge in [-0.25, -0.2) is 0 Å². The third kappa shape index (κ3) is 4.04. The van der Waals surface area contributed by atoms with Gasteiger partial charge in [0.25, 0.3) is 0 Å². The first-order valence-electron chi connectivity index (χ1n) is 6.83. The zero-order valence-corrected chi connectivity index (χ0v) is 13.2. The van der Waals surface area contributed by atoms with Gasteiger partial charge >= 0.3 is 0 Å². The van der Waals surface area contributed by atoms with Crippen molar-refractivity contribution in [1.82, 2.24) is 25.1 Å². The van der Waals surface area contributed by atoms with Crippen molar-refractivity contribution in [1.29, 1.82) is 0 Å². The minimum Gasteiger partial charge on any atom is -0.353 e. The van der Waals surface area contributed by atoms with E-state index in [1.165, 1.54) is 11.8 Å². The van der Waals surface area contributed by atoms with Gasteiger partial charge in [0.1, 0.15) is 0 Å². The molecule has 2 heterocycles. The average Bonchev–Trinajstić information content (AvgIpc) is 2.87. The molecule has 0 fully saturated rings. The molecule has 7 heteroatoms. The number of aromatic nitrogens is 4. The van der Waals surface area contributed by atoms with Crippen LogP contribution in [0.5, 0.6) is 0 Å². The largest absolute Gasteiger partial charge is 0.353 e. The van der Waals surface area contributed by atoms with Crippen molar-refractivity contribution in [2.45, 2.75) is 31.5 Å². The molecule has 1 atom stereocenters. The molecule has 0 saturated carbocycles. The second-order valence-electron chi connectivity index (χ2n) is 4.77. The zero-order chi connectivity index (χ0) is 15.2. The van der Waals surface area contributed by atoms with E-state index in [-0.39, 0.29) is 11.9 Å². The Balaban J connectivity index is 2.00. The summed E-state index contributed by atoms with van der Waals surface area (Å²) in [6.07, 6.45) is 4.36. The number of carbonyl (C=O) groups excluding carboxylic acids is 1. The highest BCUT2D eigenvalue weighted by atomic mass is 32.2. The Labute approximate surface area is 128 Å². The molecule has 0 bridgehead atoms. The van der Waals surface area contributed by atoms with Crippen LogP contribution in [0.1, 0.15) is 20.3 Å². The van der Waals surface area contributed by atoms with Crippen LogP contribution in [0, 0.1) is 0 Å². The number of rotatable bonds is 6. The molecule has 0 spiro atoms. The van der Waals surface area contributed by atoms with Gasteiger partial charge in [-0.2, -0.15) is 0 Å². The Morgan fingerprint density at radius 3 is 2.76 bits per heavy atom. The topological polar surface area (TPSA) is 72.7 Å². The predicted molar refractivity (Wildman–Crippen MR) is 82.9 cm³/mol. The van der Waals surface area contributed by atoms with Crippen molar-refractivity contribution in [3.05, 3.63) is 24.5 Å². The number of nitrogens with zero attached hydrogens (tertiary/aromatic N) is 4. The fraction of sp³-hybridized carbons (Fsp3) is 0.429. The number of pyridine rings is 1. The van der Waals surface area contributed by atoms with E-state index >= 15 is 0 Å². The number of carbonyl (C=O) groups is 1. The Bertz CT molecular complexity index is 599. The van der Waals surface area contributed by atoms with Crippen LogP contribution in [0.15, 0.2) is 29.7 Å². The smallest absolute Gasteiger partial charge is 0.230 e. The molecule has 1 amide bonds.